The maximum absolute atomic E-state index is 12.2. The second kappa shape index (κ2) is 7.69. The molecule has 3 rings (SSSR count). The molecule has 2 aromatic rings. The van der Waals surface area contributed by atoms with Crippen molar-refractivity contribution in [1.82, 2.24) is 15.5 Å². The Morgan fingerprint density at radius 3 is 2.60 bits per heavy atom. The molecule has 2 N–H and O–H groups in total. The molecule has 0 spiro atoms. The minimum Gasteiger partial charge on any atom is -0.467 e. The fourth-order valence-corrected chi connectivity index (χ4v) is 2.69. The predicted octanol–water partition coefficient (Wildman–Crippen LogP) is 0.767. The summed E-state index contributed by atoms with van der Waals surface area (Å²) >= 11 is 0. The lowest BCUT2D eigenvalue weighted by Gasteiger charge is -2.15. The molecule has 3 amide bonds. The van der Waals surface area contributed by atoms with Crippen LogP contribution in [0.5, 0.6) is 0 Å². The average molecular weight is 345 g/mol. The Bertz CT molecular complexity index is 724. The summed E-state index contributed by atoms with van der Waals surface area (Å²) in [6.45, 7) is 1.30. The first-order chi connectivity index (χ1) is 12.1. The topological polar surface area (TPSA) is 105 Å². The van der Waals surface area contributed by atoms with Gasteiger partial charge in [0.2, 0.25) is 11.8 Å². The van der Waals surface area contributed by atoms with Crippen LogP contribution in [0.4, 0.5) is 0 Å². The van der Waals surface area contributed by atoms with E-state index < -0.39 is 0 Å². The van der Waals surface area contributed by atoms with Crippen LogP contribution in [0, 0.1) is 5.92 Å². The van der Waals surface area contributed by atoms with Gasteiger partial charge in [-0.1, -0.05) is 0 Å². The van der Waals surface area contributed by atoms with Crippen molar-refractivity contribution in [2.75, 3.05) is 19.6 Å². The molecular weight excluding hydrogens is 326 g/mol. The lowest BCUT2D eigenvalue weighted by atomic mass is 10.1. The van der Waals surface area contributed by atoms with E-state index in [-0.39, 0.29) is 48.9 Å². The Morgan fingerprint density at radius 2 is 1.88 bits per heavy atom. The van der Waals surface area contributed by atoms with E-state index >= 15 is 0 Å². The van der Waals surface area contributed by atoms with Crippen molar-refractivity contribution >= 4 is 17.7 Å². The van der Waals surface area contributed by atoms with E-state index in [1.54, 1.807) is 35.4 Å². The van der Waals surface area contributed by atoms with Crippen molar-refractivity contribution in [3.63, 3.8) is 0 Å². The average Bonchev–Trinajstić information content (AvgIpc) is 3.34. The van der Waals surface area contributed by atoms with Gasteiger partial charge in [0.25, 0.3) is 5.91 Å². The largest absolute Gasteiger partial charge is 0.467 e. The molecule has 0 bridgehead atoms. The van der Waals surface area contributed by atoms with E-state index in [0.717, 1.165) is 0 Å². The van der Waals surface area contributed by atoms with Crippen LogP contribution in [0.15, 0.2) is 45.6 Å². The summed E-state index contributed by atoms with van der Waals surface area (Å²) in [5.74, 6) is -0.0651. The summed E-state index contributed by atoms with van der Waals surface area (Å²) in [4.78, 5) is 37.4. The zero-order valence-electron chi connectivity index (χ0n) is 13.6. The van der Waals surface area contributed by atoms with E-state index in [2.05, 4.69) is 10.6 Å². The maximum Gasteiger partial charge on any atom is 0.287 e. The monoisotopic (exact) mass is 345 g/mol. The number of nitrogens with zero attached hydrogens (tertiary/aromatic N) is 1. The fourth-order valence-electron chi connectivity index (χ4n) is 2.69. The molecule has 1 aliphatic rings. The number of nitrogens with one attached hydrogen (secondary N) is 2. The Morgan fingerprint density at radius 1 is 1.12 bits per heavy atom. The molecule has 0 aromatic carbocycles. The number of rotatable bonds is 7. The molecule has 0 unspecified atom stereocenters. The Labute approximate surface area is 144 Å². The van der Waals surface area contributed by atoms with Crippen molar-refractivity contribution in [2.24, 2.45) is 5.92 Å². The molecule has 2 aromatic heterocycles. The highest BCUT2D eigenvalue weighted by Gasteiger charge is 2.34. The van der Waals surface area contributed by atoms with Crippen molar-refractivity contribution < 1.29 is 23.2 Å². The first-order valence-electron chi connectivity index (χ1n) is 8.03. The van der Waals surface area contributed by atoms with Gasteiger partial charge in [0.15, 0.2) is 5.76 Å². The summed E-state index contributed by atoms with van der Waals surface area (Å²) < 4.78 is 10.2. The molecule has 0 saturated carbocycles. The molecule has 132 valence electrons. The van der Waals surface area contributed by atoms with Crippen molar-refractivity contribution in [2.45, 2.75) is 13.0 Å². The SMILES string of the molecule is O=C(NCCNC(=O)[C@@H]1CC(=O)N(Cc2ccco2)C1)c1ccco1. The van der Waals surface area contributed by atoms with Gasteiger partial charge in [0.1, 0.15) is 5.76 Å². The predicted molar refractivity (Wildman–Crippen MR) is 86.3 cm³/mol. The van der Waals surface area contributed by atoms with E-state index in [1.165, 1.54) is 6.26 Å². The Balaban J connectivity index is 1.38. The van der Waals surface area contributed by atoms with Gasteiger partial charge in [-0.15, -0.1) is 0 Å². The van der Waals surface area contributed by atoms with Gasteiger partial charge in [-0.25, -0.2) is 0 Å². The van der Waals surface area contributed by atoms with Crippen LogP contribution in [0.3, 0.4) is 0 Å². The maximum atomic E-state index is 12.2. The number of hydrogen-bond donors (Lipinski definition) is 2. The zero-order chi connectivity index (χ0) is 17.6. The molecule has 1 saturated heterocycles. The van der Waals surface area contributed by atoms with E-state index in [1.807, 2.05) is 0 Å². The molecule has 0 radical (unpaired) electrons. The second-order valence-electron chi connectivity index (χ2n) is 5.78. The summed E-state index contributed by atoms with van der Waals surface area (Å²) in [6.07, 6.45) is 3.16. The third-order valence-corrected chi connectivity index (χ3v) is 3.97. The molecule has 0 aliphatic carbocycles. The van der Waals surface area contributed by atoms with Crippen molar-refractivity contribution in [3.8, 4) is 0 Å². The van der Waals surface area contributed by atoms with Crippen LogP contribution in [-0.4, -0.2) is 42.3 Å². The summed E-state index contributed by atoms with van der Waals surface area (Å²) in [5, 5.41) is 5.38. The van der Waals surface area contributed by atoms with Crippen molar-refractivity contribution in [3.05, 3.63) is 48.3 Å². The summed E-state index contributed by atoms with van der Waals surface area (Å²) in [5.41, 5.74) is 0. The normalized spacial score (nSPS) is 16.9. The van der Waals surface area contributed by atoms with E-state index in [9.17, 15) is 14.4 Å². The van der Waals surface area contributed by atoms with E-state index in [0.29, 0.717) is 18.8 Å². The van der Waals surface area contributed by atoms with Gasteiger partial charge in [0.05, 0.1) is 25.0 Å². The van der Waals surface area contributed by atoms with Crippen LogP contribution < -0.4 is 10.6 Å². The summed E-state index contributed by atoms with van der Waals surface area (Å²) in [7, 11) is 0. The smallest absolute Gasteiger partial charge is 0.287 e. The van der Waals surface area contributed by atoms with Gasteiger partial charge in [-0.2, -0.15) is 0 Å². The standard InChI is InChI=1S/C17H19N3O5/c21-15-9-12(10-20(15)11-13-3-1-7-24-13)16(22)18-5-6-19-17(23)14-4-2-8-25-14/h1-4,7-8,12H,5-6,9-11H2,(H,18,22)(H,19,23)/t12-/m1/s1. The molecule has 1 fully saturated rings. The molecule has 8 heteroatoms. The number of carbonyl (C=O) groups is 3. The Kier molecular flexibility index (Phi) is 5.17. The molecule has 3 heterocycles. The third kappa shape index (κ3) is 4.28. The highest BCUT2D eigenvalue weighted by atomic mass is 16.3. The third-order valence-electron chi connectivity index (χ3n) is 3.97. The number of hydrogen-bond acceptors (Lipinski definition) is 5. The molecule has 1 aliphatic heterocycles. The number of amides is 3. The van der Waals surface area contributed by atoms with Gasteiger partial charge in [0, 0.05) is 26.1 Å². The van der Waals surface area contributed by atoms with Crippen LogP contribution in [0.25, 0.3) is 0 Å². The van der Waals surface area contributed by atoms with Gasteiger partial charge >= 0.3 is 0 Å². The van der Waals surface area contributed by atoms with Crippen molar-refractivity contribution in [1.29, 1.82) is 0 Å². The van der Waals surface area contributed by atoms with E-state index in [4.69, 9.17) is 8.83 Å². The first-order valence-corrected chi connectivity index (χ1v) is 8.03. The number of carbonyl (C=O) groups excluding carboxylic acids is 3. The highest BCUT2D eigenvalue weighted by molar-refractivity contribution is 5.91. The summed E-state index contributed by atoms with van der Waals surface area (Å²) in [6, 6.07) is 6.74. The van der Waals surface area contributed by atoms with Gasteiger partial charge in [-0.3, -0.25) is 14.4 Å². The van der Waals surface area contributed by atoms with Crippen LogP contribution in [-0.2, 0) is 16.1 Å². The van der Waals surface area contributed by atoms with Crippen LogP contribution in [0.1, 0.15) is 22.7 Å². The van der Waals surface area contributed by atoms with Crippen LogP contribution in [0.2, 0.25) is 0 Å². The fraction of sp³-hybridized carbons (Fsp3) is 0.353. The lowest BCUT2D eigenvalue weighted by Crippen LogP contribution is -2.38. The molecule has 25 heavy (non-hydrogen) atoms. The van der Waals surface area contributed by atoms with Gasteiger partial charge in [-0.05, 0) is 24.3 Å². The minimum atomic E-state index is -0.386. The quantitative estimate of drug-likeness (QED) is 0.721. The second-order valence-corrected chi connectivity index (χ2v) is 5.78. The lowest BCUT2D eigenvalue weighted by molar-refractivity contribution is -0.129. The zero-order valence-corrected chi connectivity index (χ0v) is 13.6. The first kappa shape index (κ1) is 16.8. The van der Waals surface area contributed by atoms with Gasteiger partial charge < -0.3 is 24.4 Å². The Hall–Kier alpha value is -3.03. The highest BCUT2D eigenvalue weighted by Crippen LogP contribution is 2.20. The number of likely N-dealkylation sites (tertiary alicyclic amines) is 1. The number of furan rings is 2. The van der Waals surface area contributed by atoms with Crippen LogP contribution >= 0.6 is 0 Å². The minimum absolute atomic E-state index is 0.0670. The molecule has 8 nitrogen and oxygen atoms in total. The molecular formula is C17H19N3O5. The molecule has 1 atom stereocenters.